The molecule has 2 bridgehead atoms. The molecule has 5 heteroatoms. The van der Waals surface area contributed by atoms with Gasteiger partial charge >= 0.3 is 0 Å². The first kappa shape index (κ1) is 17.4. The van der Waals surface area contributed by atoms with Crippen molar-refractivity contribution in [2.75, 3.05) is 19.6 Å². The van der Waals surface area contributed by atoms with Crippen LogP contribution < -0.4 is 5.32 Å². The second kappa shape index (κ2) is 7.72. The Morgan fingerprint density at radius 3 is 2.27 bits per heavy atom. The van der Waals surface area contributed by atoms with Crippen LogP contribution in [0.15, 0.2) is 58.3 Å². The number of benzene rings is 2. The van der Waals surface area contributed by atoms with Gasteiger partial charge in [0.05, 0.1) is 0 Å². The highest BCUT2D eigenvalue weighted by molar-refractivity contribution is 7.99. The highest BCUT2D eigenvalue weighted by Crippen LogP contribution is 2.29. The number of nitrogens with one attached hydrogen (secondary N) is 1. The lowest BCUT2D eigenvalue weighted by Gasteiger charge is -2.26. The molecule has 5 rings (SSSR count). The van der Waals surface area contributed by atoms with Crippen LogP contribution in [0.1, 0.15) is 29.6 Å². The highest BCUT2D eigenvalue weighted by atomic mass is 32.2. The predicted octanol–water partition coefficient (Wildman–Crippen LogP) is 3.76. The summed E-state index contributed by atoms with van der Waals surface area (Å²) >= 11 is 1.61. The maximum atomic E-state index is 12.6. The van der Waals surface area contributed by atoms with Gasteiger partial charge < -0.3 is 15.3 Å². The minimum Gasteiger partial charge on any atom is -0.508 e. The van der Waals surface area contributed by atoms with Crippen LogP contribution in [0.3, 0.4) is 0 Å². The van der Waals surface area contributed by atoms with E-state index in [4.69, 9.17) is 0 Å². The van der Waals surface area contributed by atoms with Crippen LogP contribution in [-0.4, -0.2) is 41.6 Å². The summed E-state index contributed by atoms with van der Waals surface area (Å²) in [6.45, 7) is 3.34. The average Bonchev–Trinajstić information content (AvgIpc) is 2.96. The maximum Gasteiger partial charge on any atom is 0.251 e. The third kappa shape index (κ3) is 4.22. The molecule has 2 aromatic carbocycles. The minimum atomic E-state index is 0.0266. The van der Waals surface area contributed by atoms with Crippen LogP contribution in [0.2, 0.25) is 0 Å². The summed E-state index contributed by atoms with van der Waals surface area (Å²) in [6.07, 6.45) is 3.65. The summed E-state index contributed by atoms with van der Waals surface area (Å²) in [4.78, 5) is 17.2. The molecular formula is C21H24N2O2S. The van der Waals surface area contributed by atoms with E-state index < -0.39 is 0 Å². The van der Waals surface area contributed by atoms with Crippen molar-refractivity contribution in [3.63, 3.8) is 0 Å². The number of nitrogens with zero attached hydrogens (tertiary/aromatic N) is 1. The molecule has 2 aromatic rings. The van der Waals surface area contributed by atoms with E-state index in [1.165, 1.54) is 25.9 Å². The normalized spacial score (nSPS) is 24.8. The summed E-state index contributed by atoms with van der Waals surface area (Å²) < 4.78 is 0. The van der Waals surface area contributed by atoms with E-state index in [2.05, 4.69) is 10.2 Å². The Labute approximate surface area is 158 Å². The van der Waals surface area contributed by atoms with Crippen molar-refractivity contribution < 1.29 is 9.90 Å². The molecule has 3 aliphatic heterocycles. The lowest BCUT2D eigenvalue weighted by Crippen LogP contribution is -2.41. The van der Waals surface area contributed by atoms with Gasteiger partial charge in [-0.3, -0.25) is 4.79 Å². The Kier molecular flexibility index (Phi) is 5.18. The zero-order valence-corrected chi connectivity index (χ0v) is 15.5. The number of phenolic OH excluding ortho intramolecular Hbond substituents is 1. The van der Waals surface area contributed by atoms with Gasteiger partial charge in [0, 0.05) is 27.9 Å². The molecule has 3 fully saturated rings. The van der Waals surface area contributed by atoms with Crippen LogP contribution in [-0.2, 0) is 0 Å². The summed E-state index contributed by atoms with van der Waals surface area (Å²) in [6, 6.07) is 15.1. The van der Waals surface area contributed by atoms with Crippen LogP contribution in [0.4, 0.5) is 0 Å². The van der Waals surface area contributed by atoms with E-state index in [9.17, 15) is 9.90 Å². The second-order valence-electron chi connectivity index (χ2n) is 7.27. The number of hydrogen-bond donors (Lipinski definition) is 2. The van der Waals surface area contributed by atoms with E-state index in [0.29, 0.717) is 5.56 Å². The van der Waals surface area contributed by atoms with Gasteiger partial charge in [-0.15, -0.1) is 0 Å². The van der Waals surface area contributed by atoms with Crippen molar-refractivity contribution in [1.82, 2.24) is 10.2 Å². The standard InChI is InChI=1S/C21H24N2O2S/c24-18-3-7-20(8-4-18)26-19-5-1-16(2-6-19)21(25)22-17-13-15-9-11-23(14-17)12-10-15/h1-8,15,17,24H,9-14H2,(H,22,25). The van der Waals surface area contributed by atoms with Gasteiger partial charge in [-0.05, 0) is 86.8 Å². The molecular weight excluding hydrogens is 344 g/mol. The molecule has 0 radical (unpaired) electrons. The third-order valence-electron chi connectivity index (χ3n) is 5.33. The minimum absolute atomic E-state index is 0.0266. The lowest BCUT2D eigenvalue weighted by atomic mass is 9.94. The van der Waals surface area contributed by atoms with E-state index in [1.54, 1.807) is 23.9 Å². The summed E-state index contributed by atoms with van der Waals surface area (Å²) in [5, 5.41) is 12.6. The SMILES string of the molecule is O=C(NC1CC2CCN(CC2)C1)c1ccc(Sc2ccc(O)cc2)cc1. The molecule has 4 nitrogen and oxygen atoms in total. The van der Waals surface area contributed by atoms with Gasteiger partial charge in [-0.2, -0.15) is 0 Å². The molecule has 3 aliphatic rings. The zero-order valence-electron chi connectivity index (χ0n) is 14.7. The fraction of sp³-hybridized carbons (Fsp3) is 0.381. The van der Waals surface area contributed by atoms with Crippen LogP contribution in [0.25, 0.3) is 0 Å². The number of rotatable bonds is 4. The second-order valence-corrected chi connectivity index (χ2v) is 8.42. The number of aromatic hydroxyl groups is 1. The first-order valence-corrected chi connectivity index (χ1v) is 10.1. The van der Waals surface area contributed by atoms with Gasteiger partial charge in [0.2, 0.25) is 0 Å². The number of fused-ring (bicyclic) bond motifs is 4. The summed E-state index contributed by atoms with van der Waals surface area (Å²) in [5.41, 5.74) is 0.714. The number of carbonyl (C=O) groups is 1. The topological polar surface area (TPSA) is 52.6 Å². The number of amides is 1. The van der Waals surface area contributed by atoms with Crippen LogP contribution in [0.5, 0.6) is 5.75 Å². The van der Waals surface area contributed by atoms with Crippen molar-refractivity contribution in [3.05, 3.63) is 54.1 Å². The first-order valence-electron chi connectivity index (χ1n) is 9.26. The van der Waals surface area contributed by atoms with E-state index in [-0.39, 0.29) is 17.7 Å². The smallest absolute Gasteiger partial charge is 0.251 e. The Hall–Kier alpha value is -1.98. The zero-order chi connectivity index (χ0) is 17.9. The summed E-state index contributed by atoms with van der Waals surface area (Å²) in [5.74, 6) is 1.06. The average molecular weight is 369 g/mol. The molecule has 136 valence electrons. The Morgan fingerprint density at radius 1 is 1.00 bits per heavy atom. The molecule has 0 aromatic heterocycles. The van der Waals surface area contributed by atoms with E-state index in [0.717, 1.165) is 28.7 Å². The van der Waals surface area contributed by atoms with Gasteiger partial charge in [0.1, 0.15) is 5.75 Å². The fourth-order valence-electron chi connectivity index (χ4n) is 3.89. The quantitative estimate of drug-likeness (QED) is 0.863. The number of piperidine rings is 1. The monoisotopic (exact) mass is 368 g/mol. The van der Waals surface area contributed by atoms with Crippen molar-refractivity contribution in [2.45, 2.75) is 35.1 Å². The van der Waals surface area contributed by atoms with E-state index >= 15 is 0 Å². The molecule has 2 N–H and O–H groups in total. The first-order chi connectivity index (χ1) is 12.7. The third-order valence-corrected chi connectivity index (χ3v) is 6.34. The number of phenols is 1. The van der Waals surface area contributed by atoms with Crippen LogP contribution in [0, 0.1) is 5.92 Å². The molecule has 0 spiro atoms. The van der Waals surface area contributed by atoms with Crippen LogP contribution >= 0.6 is 11.8 Å². The van der Waals surface area contributed by atoms with Gasteiger partial charge in [-0.25, -0.2) is 0 Å². The predicted molar refractivity (Wildman–Crippen MR) is 104 cm³/mol. The number of carbonyl (C=O) groups excluding carboxylic acids is 1. The number of hydrogen-bond acceptors (Lipinski definition) is 4. The van der Waals surface area contributed by atoms with Crippen molar-refractivity contribution >= 4 is 17.7 Å². The van der Waals surface area contributed by atoms with Crippen molar-refractivity contribution in [3.8, 4) is 5.75 Å². The largest absolute Gasteiger partial charge is 0.508 e. The Morgan fingerprint density at radius 2 is 1.62 bits per heavy atom. The van der Waals surface area contributed by atoms with Crippen molar-refractivity contribution in [2.24, 2.45) is 5.92 Å². The highest BCUT2D eigenvalue weighted by Gasteiger charge is 2.29. The fourth-order valence-corrected chi connectivity index (χ4v) is 4.71. The Balaban J connectivity index is 1.37. The van der Waals surface area contributed by atoms with Gasteiger partial charge in [0.25, 0.3) is 5.91 Å². The van der Waals surface area contributed by atoms with Gasteiger partial charge in [0.15, 0.2) is 0 Å². The molecule has 3 saturated heterocycles. The maximum absolute atomic E-state index is 12.6. The van der Waals surface area contributed by atoms with Gasteiger partial charge in [-0.1, -0.05) is 11.8 Å². The molecule has 26 heavy (non-hydrogen) atoms. The lowest BCUT2D eigenvalue weighted by molar-refractivity contribution is 0.0928. The molecule has 1 atom stereocenters. The summed E-state index contributed by atoms with van der Waals surface area (Å²) in [7, 11) is 0. The molecule has 1 amide bonds. The molecule has 1 unspecified atom stereocenters. The van der Waals surface area contributed by atoms with E-state index in [1.807, 2.05) is 36.4 Å². The molecule has 0 saturated carbocycles. The molecule has 3 heterocycles. The van der Waals surface area contributed by atoms with Crippen molar-refractivity contribution in [1.29, 1.82) is 0 Å². The molecule has 0 aliphatic carbocycles. The Bertz CT molecular complexity index is 739.